The van der Waals surface area contributed by atoms with Gasteiger partial charge in [-0.15, -0.1) is 0 Å². The van der Waals surface area contributed by atoms with Crippen LogP contribution in [0.1, 0.15) is 46.0 Å². The number of carboxylic acids is 1. The highest BCUT2D eigenvalue weighted by molar-refractivity contribution is 5.95. The maximum absolute atomic E-state index is 12.7. The van der Waals surface area contributed by atoms with E-state index < -0.39 is 66.8 Å². The molecular formula is C19H36N6O7. The summed E-state index contributed by atoms with van der Waals surface area (Å²) in [7, 11) is 0. The first-order valence-electron chi connectivity index (χ1n) is 10.5. The Morgan fingerprint density at radius 1 is 0.938 bits per heavy atom. The van der Waals surface area contributed by atoms with Crippen molar-refractivity contribution >= 4 is 29.6 Å². The Labute approximate surface area is 186 Å². The van der Waals surface area contributed by atoms with Gasteiger partial charge in [-0.2, -0.15) is 0 Å². The average molecular weight is 461 g/mol. The van der Waals surface area contributed by atoms with Crippen molar-refractivity contribution in [3.8, 4) is 0 Å². The number of nitrogens with one attached hydrogen (secondary N) is 3. The van der Waals surface area contributed by atoms with Gasteiger partial charge in [0, 0.05) is 0 Å². The number of aliphatic carboxylic acids is 1. The van der Waals surface area contributed by atoms with Crippen molar-refractivity contribution in [1.29, 1.82) is 0 Å². The molecular weight excluding hydrogens is 424 g/mol. The highest BCUT2D eigenvalue weighted by Crippen LogP contribution is 2.08. The molecule has 0 saturated carbocycles. The van der Waals surface area contributed by atoms with E-state index in [1.807, 2.05) is 0 Å². The van der Waals surface area contributed by atoms with Crippen LogP contribution < -0.4 is 33.2 Å². The minimum Gasteiger partial charge on any atom is -0.480 e. The number of carbonyl (C=O) groups excluding carboxylic acids is 4. The van der Waals surface area contributed by atoms with E-state index in [4.69, 9.17) is 17.2 Å². The molecule has 0 saturated heterocycles. The Morgan fingerprint density at radius 3 is 1.97 bits per heavy atom. The van der Waals surface area contributed by atoms with Gasteiger partial charge in [0.25, 0.3) is 0 Å². The smallest absolute Gasteiger partial charge is 0.326 e. The van der Waals surface area contributed by atoms with Crippen LogP contribution in [-0.4, -0.2) is 77.1 Å². The molecule has 0 aromatic heterocycles. The molecule has 4 amide bonds. The van der Waals surface area contributed by atoms with E-state index in [0.717, 1.165) is 0 Å². The van der Waals surface area contributed by atoms with Gasteiger partial charge in [0.05, 0.1) is 19.1 Å². The fourth-order valence-electron chi connectivity index (χ4n) is 2.75. The van der Waals surface area contributed by atoms with Gasteiger partial charge < -0.3 is 43.4 Å². The summed E-state index contributed by atoms with van der Waals surface area (Å²) in [5, 5.41) is 25.9. The van der Waals surface area contributed by atoms with Crippen LogP contribution in [0.4, 0.5) is 0 Å². The first-order chi connectivity index (χ1) is 15.0. The van der Waals surface area contributed by atoms with Crippen LogP contribution >= 0.6 is 0 Å². The van der Waals surface area contributed by atoms with Gasteiger partial charge >= 0.3 is 5.97 Å². The van der Waals surface area contributed by atoms with Crippen molar-refractivity contribution in [2.75, 3.05) is 13.2 Å². The number of hydrogen-bond acceptors (Lipinski definition) is 8. The molecule has 0 rings (SSSR count). The lowest BCUT2D eigenvalue weighted by Gasteiger charge is -2.25. The summed E-state index contributed by atoms with van der Waals surface area (Å²) < 4.78 is 0. The molecule has 11 N–H and O–H groups in total. The molecule has 13 heteroatoms. The van der Waals surface area contributed by atoms with E-state index in [1.54, 1.807) is 13.8 Å². The fourth-order valence-corrected chi connectivity index (χ4v) is 2.75. The summed E-state index contributed by atoms with van der Waals surface area (Å²) >= 11 is 0. The molecule has 5 atom stereocenters. The van der Waals surface area contributed by atoms with Gasteiger partial charge in [-0.3, -0.25) is 19.2 Å². The van der Waals surface area contributed by atoms with Crippen LogP contribution in [0, 0.1) is 5.92 Å². The standard InChI is InChI=1S/C19H36N6O7/c1-3-10(2)15(19(31)32)25-18(30)13(9-26)24-17(29)12(6-4-5-7-20)23-16(28)11(21)8-14(22)27/h10-13,15,26H,3-9,20-21H2,1-2H3,(H2,22,27)(H,23,28)(H,24,29)(H,25,30)(H,31,32). The first kappa shape index (κ1) is 29.2. The zero-order valence-electron chi connectivity index (χ0n) is 18.5. The molecule has 0 aliphatic rings. The zero-order chi connectivity index (χ0) is 24.8. The number of unbranched alkanes of at least 4 members (excludes halogenated alkanes) is 1. The minimum absolute atomic E-state index is 0.155. The van der Waals surface area contributed by atoms with Crippen molar-refractivity contribution in [3.05, 3.63) is 0 Å². The molecule has 0 bridgehead atoms. The summed E-state index contributed by atoms with van der Waals surface area (Å²) in [5.74, 6) is -4.88. The van der Waals surface area contributed by atoms with Crippen molar-refractivity contribution in [2.24, 2.45) is 23.1 Å². The molecule has 0 aliphatic heterocycles. The minimum atomic E-state index is -1.44. The van der Waals surface area contributed by atoms with Crippen LogP contribution in [0.15, 0.2) is 0 Å². The third-order valence-electron chi connectivity index (χ3n) is 4.93. The summed E-state index contributed by atoms with van der Waals surface area (Å²) in [5.41, 5.74) is 16.1. The van der Waals surface area contributed by atoms with Crippen molar-refractivity contribution in [1.82, 2.24) is 16.0 Å². The third kappa shape index (κ3) is 10.5. The Balaban J connectivity index is 5.29. The lowest BCUT2D eigenvalue weighted by molar-refractivity contribution is -0.144. The van der Waals surface area contributed by atoms with Gasteiger partial charge in [-0.25, -0.2) is 4.79 Å². The van der Waals surface area contributed by atoms with E-state index in [9.17, 15) is 34.2 Å². The quantitative estimate of drug-likeness (QED) is 0.109. The van der Waals surface area contributed by atoms with Crippen LogP contribution in [-0.2, 0) is 24.0 Å². The molecule has 184 valence electrons. The Hall–Kier alpha value is -2.77. The Bertz CT molecular complexity index is 660. The van der Waals surface area contributed by atoms with Crippen molar-refractivity contribution < 1.29 is 34.2 Å². The third-order valence-corrected chi connectivity index (χ3v) is 4.93. The van der Waals surface area contributed by atoms with Crippen LogP contribution in [0.2, 0.25) is 0 Å². The van der Waals surface area contributed by atoms with Crippen molar-refractivity contribution in [2.45, 2.75) is 70.1 Å². The fraction of sp³-hybridized carbons (Fsp3) is 0.737. The summed E-state index contributed by atoms with van der Waals surface area (Å²) in [6, 6.07) is -5.03. The lowest BCUT2D eigenvalue weighted by Crippen LogP contribution is -2.58. The second-order valence-corrected chi connectivity index (χ2v) is 7.58. The molecule has 32 heavy (non-hydrogen) atoms. The molecule has 0 fully saturated rings. The number of amides is 4. The largest absolute Gasteiger partial charge is 0.480 e. The highest BCUT2D eigenvalue weighted by Gasteiger charge is 2.31. The number of carbonyl (C=O) groups is 5. The van der Waals surface area contributed by atoms with Crippen LogP contribution in [0.3, 0.4) is 0 Å². The molecule has 0 aliphatic carbocycles. The molecule has 13 nitrogen and oxygen atoms in total. The van der Waals surface area contributed by atoms with Crippen LogP contribution in [0.5, 0.6) is 0 Å². The maximum atomic E-state index is 12.7. The second-order valence-electron chi connectivity index (χ2n) is 7.58. The maximum Gasteiger partial charge on any atom is 0.326 e. The second kappa shape index (κ2) is 15.1. The molecule has 5 unspecified atom stereocenters. The molecule has 0 heterocycles. The van der Waals surface area contributed by atoms with Gasteiger partial charge in [0.2, 0.25) is 23.6 Å². The van der Waals surface area contributed by atoms with Gasteiger partial charge in [0.15, 0.2) is 0 Å². The number of nitrogens with two attached hydrogens (primary N) is 3. The van der Waals surface area contributed by atoms with Gasteiger partial charge in [-0.1, -0.05) is 20.3 Å². The summed E-state index contributed by atoms with van der Waals surface area (Å²) in [4.78, 5) is 59.7. The predicted molar refractivity (Wildman–Crippen MR) is 115 cm³/mol. The SMILES string of the molecule is CCC(C)C(NC(=O)C(CO)NC(=O)C(CCCCN)NC(=O)C(N)CC(N)=O)C(=O)O. The zero-order valence-corrected chi connectivity index (χ0v) is 18.5. The molecule has 0 radical (unpaired) electrons. The number of hydrogen-bond donors (Lipinski definition) is 8. The van der Waals surface area contributed by atoms with E-state index >= 15 is 0 Å². The van der Waals surface area contributed by atoms with E-state index in [-0.39, 0.29) is 12.3 Å². The van der Waals surface area contributed by atoms with Crippen molar-refractivity contribution in [3.63, 3.8) is 0 Å². The van der Waals surface area contributed by atoms with Gasteiger partial charge in [0.1, 0.15) is 18.1 Å². The number of aliphatic hydroxyl groups is 1. The lowest BCUT2D eigenvalue weighted by atomic mass is 9.99. The normalized spacial score (nSPS) is 15.5. The molecule has 0 aromatic rings. The predicted octanol–water partition coefficient (Wildman–Crippen LogP) is -3.10. The van der Waals surface area contributed by atoms with Gasteiger partial charge in [-0.05, 0) is 31.7 Å². The monoisotopic (exact) mass is 460 g/mol. The van der Waals surface area contributed by atoms with E-state index in [2.05, 4.69) is 16.0 Å². The number of aliphatic hydroxyl groups excluding tert-OH is 1. The summed E-state index contributed by atoms with van der Waals surface area (Å²) in [6.45, 7) is 2.96. The first-order valence-corrected chi connectivity index (χ1v) is 10.5. The number of rotatable bonds is 16. The molecule has 0 aromatic carbocycles. The number of carboxylic acid groups (broad SMARTS) is 1. The topological polar surface area (TPSA) is 240 Å². The summed E-state index contributed by atoms with van der Waals surface area (Å²) in [6.07, 6.45) is 1.24. The molecule has 0 spiro atoms. The van der Waals surface area contributed by atoms with E-state index in [0.29, 0.717) is 25.8 Å². The average Bonchev–Trinajstić information content (AvgIpc) is 2.73. The Morgan fingerprint density at radius 2 is 1.50 bits per heavy atom. The van der Waals surface area contributed by atoms with Crippen LogP contribution in [0.25, 0.3) is 0 Å². The van der Waals surface area contributed by atoms with E-state index in [1.165, 1.54) is 0 Å². The number of primary amides is 1. The highest BCUT2D eigenvalue weighted by atomic mass is 16.4. The Kier molecular flexibility index (Phi) is 13.8.